The van der Waals surface area contributed by atoms with Crippen molar-refractivity contribution in [2.75, 3.05) is 26.2 Å². The topological polar surface area (TPSA) is 49.9 Å². The summed E-state index contributed by atoms with van der Waals surface area (Å²) < 4.78 is 33.5. The normalized spacial score (nSPS) is 17.1. The molecule has 0 bridgehead atoms. The van der Waals surface area contributed by atoms with E-state index in [2.05, 4.69) is 0 Å². The van der Waals surface area contributed by atoms with Gasteiger partial charge in [0.25, 0.3) is 5.91 Å². The third-order valence-corrected chi connectivity index (χ3v) is 7.53. The molecule has 2 heterocycles. The average molecular weight is 497 g/mol. The zero-order valence-corrected chi connectivity index (χ0v) is 20.0. The molecule has 1 fully saturated rings. The van der Waals surface area contributed by atoms with Gasteiger partial charge < -0.3 is 14.5 Å². The minimum absolute atomic E-state index is 0.0177. The summed E-state index contributed by atoms with van der Waals surface area (Å²) in [5, 5.41) is 2.00. The Morgan fingerprint density at radius 3 is 2.57 bits per heavy atom. The van der Waals surface area contributed by atoms with E-state index in [1.807, 2.05) is 11.4 Å². The van der Waals surface area contributed by atoms with Gasteiger partial charge in [0.15, 0.2) is 0 Å². The molecular formula is C27H26F2N2O3S. The highest BCUT2D eigenvalue weighted by Gasteiger charge is 2.35. The third-order valence-electron chi connectivity index (χ3n) is 6.53. The number of nitrogens with zero attached hydrogens (tertiary/aromatic N) is 2. The van der Waals surface area contributed by atoms with E-state index in [9.17, 15) is 18.4 Å². The molecule has 0 unspecified atom stereocenters. The van der Waals surface area contributed by atoms with Crippen molar-refractivity contribution in [2.45, 2.75) is 25.3 Å². The number of hydrogen-bond donors (Lipinski definition) is 0. The molecule has 182 valence electrons. The second kappa shape index (κ2) is 10.2. The first-order valence-electron chi connectivity index (χ1n) is 11.8. The number of rotatable bonds is 8. The van der Waals surface area contributed by atoms with E-state index < -0.39 is 11.7 Å². The van der Waals surface area contributed by atoms with Crippen molar-refractivity contribution in [3.05, 3.63) is 87.6 Å². The Hall–Kier alpha value is -3.26. The van der Waals surface area contributed by atoms with Crippen LogP contribution >= 0.6 is 11.3 Å². The Morgan fingerprint density at radius 2 is 1.83 bits per heavy atom. The zero-order valence-electron chi connectivity index (χ0n) is 19.2. The fourth-order valence-corrected chi connectivity index (χ4v) is 5.40. The lowest BCUT2D eigenvalue weighted by molar-refractivity contribution is -0.135. The molecule has 0 saturated heterocycles. The standard InChI is InChI=1S/C27H26F2N2O3S/c28-19-7-9-20(10-8-19)34-17-24-22-12-14-35-25(22)11-13-31(24)26(32)16-30(15-18-5-6-18)27(33)21-3-1-2-4-23(21)29/h1-4,7-10,12,14,18,24H,5-6,11,13,15-17H2/t24-/m0/s1. The Kier molecular flexibility index (Phi) is 6.81. The minimum Gasteiger partial charge on any atom is -0.491 e. The summed E-state index contributed by atoms with van der Waals surface area (Å²) in [6.07, 6.45) is 2.74. The number of ether oxygens (including phenoxy) is 1. The van der Waals surface area contributed by atoms with Crippen molar-refractivity contribution < 1.29 is 23.1 Å². The Morgan fingerprint density at radius 1 is 1.06 bits per heavy atom. The monoisotopic (exact) mass is 496 g/mol. The summed E-state index contributed by atoms with van der Waals surface area (Å²) >= 11 is 1.65. The summed E-state index contributed by atoms with van der Waals surface area (Å²) in [5.41, 5.74) is 1.02. The molecule has 2 amide bonds. The van der Waals surface area contributed by atoms with Gasteiger partial charge in [-0.3, -0.25) is 9.59 Å². The Labute approximate surface area is 206 Å². The number of thiophene rings is 1. The molecule has 2 aromatic carbocycles. The van der Waals surface area contributed by atoms with Crippen molar-refractivity contribution in [3.8, 4) is 5.75 Å². The van der Waals surface area contributed by atoms with Crippen molar-refractivity contribution in [1.29, 1.82) is 0 Å². The quantitative estimate of drug-likeness (QED) is 0.437. The summed E-state index contributed by atoms with van der Waals surface area (Å²) in [6.45, 7) is 1.04. The molecule has 3 aromatic rings. The SMILES string of the molecule is O=C(c1ccccc1F)N(CC(=O)N1CCc2sccc2[C@@H]1COc1ccc(F)cc1)CC1CC1. The molecule has 5 nitrogen and oxygen atoms in total. The smallest absolute Gasteiger partial charge is 0.257 e. The fraction of sp³-hybridized carbons (Fsp3) is 0.333. The minimum atomic E-state index is -0.586. The molecule has 1 aliphatic heterocycles. The molecule has 1 aromatic heterocycles. The van der Waals surface area contributed by atoms with Crippen molar-refractivity contribution in [1.82, 2.24) is 9.80 Å². The van der Waals surface area contributed by atoms with E-state index in [0.29, 0.717) is 24.8 Å². The van der Waals surface area contributed by atoms with Gasteiger partial charge in [-0.25, -0.2) is 8.78 Å². The van der Waals surface area contributed by atoms with Gasteiger partial charge in [-0.15, -0.1) is 11.3 Å². The highest BCUT2D eigenvalue weighted by Crippen LogP contribution is 2.35. The number of hydrogen-bond acceptors (Lipinski definition) is 4. The second-order valence-electron chi connectivity index (χ2n) is 9.03. The van der Waals surface area contributed by atoms with Crippen LogP contribution in [-0.2, 0) is 11.2 Å². The lowest BCUT2D eigenvalue weighted by Gasteiger charge is -2.37. The number of amides is 2. The van der Waals surface area contributed by atoms with E-state index in [4.69, 9.17) is 4.74 Å². The van der Waals surface area contributed by atoms with Gasteiger partial charge in [-0.2, -0.15) is 0 Å². The molecule has 35 heavy (non-hydrogen) atoms. The molecule has 0 spiro atoms. The third kappa shape index (κ3) is 5.37. The first kappa shape index (κ1) is 23.5. The molecule has 1 atom stereocenters. The van der Waals surface area contributed by atoms with E-state index in [0.717, 1.165) is 24.8 Å². The van der Waals surface area contributed by atoms with Crippen LogP contribution in [0.4, 0.5) is 8.78 Å². The van der Waals surface area contributed by atoms with Crippen molar-refractivity contribution in [3.63, 3.8) is 0 Å². The Bertz CT molecular complexity index is 1210. The maximum atomic E-state index is 14.3. The molecule has 1 aliphatic carbocycles. The van der Waals surface area contributed by atoms with Crippen LogP contribution in [0, 0.1) is 17.6 Å². The van der Waals surface area contributed by atoms with Gasteiger partial charge in [0, 0.05) is 18.0 Å². The fourth-order valence-electron chi connectivity index (χ4n) is 4.47. The summed E-state index contributed by atoms with van der Waals surface area (Å²) in [6, 6.07) is 13.3. The largest absolute Gasteiger partial charge is 0.491 e. The van der Waals surface area contributed by atoms with Crippen LogP contribution in [0.3, 0.4) is 0 Å². The molecule has 1 saturated carbocycles. The van der Waals surface area contributed by atoms with Gasteiger partial charge in [0.05, 0.1) is 11.6 Å². The van der Waals surface area contributed by atoms with Crippen LogP contribution in [0.25, 0.3) is 0 Å². The van der Waals surface area contributed by atoms with E-state index in [1.54, 1.807) is 40.5 Å². The molecule has 5 rings (SSSR count). The van der Waals surface area contributed by atoms with Gasteiger partial charge in [-0.1, -0.05) is 12.1 Å². The van der Waals surface area contributed by atoms with E-state index in [-0.39, 0.29) is 36.5 Å². The maximum absolute atomic E-state index is 14.3. The van der Waals surface area contributed by atoms with Crippen molar-refractivity contribution >= 4 is 23.2 Å². The predicted molar refractivity (Wildman–Crippen MR) is 129 cm³/mol. The lowest BCUT2D eigenvalue weighted by atomic mass is 10.00. The number of fused-ring (bicyclic) bond motifs is 1. The number of benzene rings is 2. The highest BCUT2D eigenvalue weighted by molar-refractivity contribution is 7.10. The molecule has 0 radical (unpaired) electrons. The van der Waals surface area contributed by atoms with Crippen molar-refractivity contribution in [2.24, 2.45) is 5.92 Å². The molecule has 8 heteroatoms. The van der Waals surface area contributed by atoms with Gasteiger partial charge in [-0.05, 0) is 78.6 Å². The lowest BCUT2D eigenvalue weighted by Crippen LogP contribution is -2.48. The van der Waals surface area contributed by atoms with Crippen LogP contribution in [0.1, 0.15) is 39.7 Å². The Balaban J connectivity index is 1.34. The first-order chi connectivity index (χ1) is 17.0. The zero-order chi connectivity index (χ0) is 24.4. The average Bonchev–Trinajstić information content (AvgIpc) is 3.55. The molecule has 0 N–H and O–H groups in total. The van der Waals surface area contributed by atoms with Gasteiger partial charge >= 0.3 is 0 Å². The predicted octanol–water partition coefficient (Wildman–Crippen LogP) is 5.08. The van der Waals surface area contributed by atoms with Crippen LogP contribution in [0.2, 0.25) is 0 Å². The van der Waals surface area contributed by atoms with E-state index >= 15 is 0 Å². The van der Waals surface area contributed by atoms with Crippen LogP contribution < -0.4 is 4.74 Å². The number of halogens is 2. The highest BCUT2D eigenvalue weighted by atomic mass is 32.1. The summed E-state index contributed by atoms with van der Waals surface area (Å²) in [7, 11) is 0. The summed E-state index contributed by atoms with van der Waals surface area (Å²) in [5.74, 6) is -0.720. The second-order valence-corrected chi connectivity index (χ2v) is 10.0. The van der Waals surface area contributed by atoms with Crippen LogP contribution in [0.15, 0.2) is 60.0 Å². The number of carbonyl (C=O) groups is 2. The first-order valence-corrected chi connectivity index (χ1v) is 12.7. The van der Waals surface area contributed by atoms with Gasteiger partial charge in [0.1, 0.15) is 30.5 Å². The summed E-state index contributed by atoms with van der Waals surface area (Å²) in [4.78, 5) is 31.2. The van der Waals surface area contributed by atoms with Gasteiger partial charge in [0.2, 0.25) is 5.91 Å². The molecule has 2 aliphatic rings. The van der Waals surface area contributed by atoms with Crippen LogP contribution in [-0.4, -0.2) is 47.9 Å². The maximum Gasteiger partial charge on any atom is 0.257 e. The van der Waals surface area contributed by atoms with Crippen LogP contribution in [0.5, 0.6) is 5.75 Å². The number of carbonyl (C=O) groups excluding carboxylic acids is 2. The molecular weight excluding hydrogens is 470 g/mol. The van der Waals surface area contributed by atoms with E-state index in [1.165, 1.54) is 34.0 Å².